The molecule has 1 aliphatic rings. The molecule has 1 aromatic carbocycles. The number of aromatic nitrogens is 1. The highest BCUT2D eigenvalue weighted by Crippen LogP contribution is 2.48. The number of carbonyl (C=O) groups is 1. The van der Waals surface area contributed by atoms with Crippen molar-refractivity contribution in [2.24, 2.45) is 0 Å². The van der Waals surface area contributed by atoms with Gasteiger partial charge >= 0.3 is 11.7 Å². The number of fused-ring (bicyclic) bond motifs is 1. The zero-order chi connectivity index (χ0) is 11.3. The van der Waals surface area contributed by atoms with Crippen LogP contribution < -0.4 is 5.76 Å². The number of carboxylic acids is 1. The number of rotatable bonds is 2. The number of benzene rings is 1. The van der Waals surface area contributed by atoms with Crippen LogP contribution in [0, 0.1) is 0 Å². The van der Waals surface area contributed by atoms with Crippen molar-refractivity contribution in [2.75, 3.05) is 0 Å². The van der Waals surface area contributed by atoms with Gasteiger partial charge in [0.05, 0.1) is 10.9 Å². The second kappa shape index (κ2) is 2.75. The molecule has 0 spiro atoms. The lowest BCUT2D eigenvalue weighted by Gasteiger charge is -2.08. The van der Waals surface area contributed by atoms with E-state index in [0.717, 1.165) is 5.56 Å². The van der Waals surface area contributed by atoms with E-state index >= 15 is 0 Å². The molecule has 0 saturated heterocycles. The Labute approximate surface area is 89.7 Å². The van der Waals surface area contributed by atoms with Gasteiger partial charge in [-0.2, -0.15) is 0 Å². The smallest absolute Gasteiger partial charge is 0.417 e. The molecule has 3 rings (SSSR count). The topological polar surface area (TPSA) is 83.3 Å². The summed E-state index contributed by atoms with van der Waals surface area (Å²) in [7, 11) is 0. The number of hydrogen-bond donors (Lipinski definition) is 2. The standard InChI is InChI=1S/C11H9NO4/c13-9(14)11(3-4-11)6-1-2-8-7(5-6)12-10(15)16-8/h1-2,5H,3-4H2,(H,12,15)(H,13,14). The Morgan fingerprint density at radius 2 is 2.19 bits per heavy atom. The predicted molar refractivity (Wildman–Crippen MR) is 55.4 cm³/mol. The van der Waals surface area contributed by atoms with Gasteiger partial charge in [0.1, 0.15) is 0 Å². The summed E-state index contributed by atoms with van der Waals surface area (Å²) in [4.78, 5) is 24.6. The van der Waals surface area contributed by atoms with E-state index in [1.54, 1.807) is 18.2 Å². The number of carboxylic acid groups (broad SMARTS) is 1. The molecule has 5 heteroatoms. The van der Waals surface area contributed by atoms with Crippen LogP contribution in [-0.4, -0.2) is 16.1 Å². The van der Waals surface area contributed by atoms with Crippen LogP contribution in [0.15, 0.2) is 27.4 Å². The highest BCUT2D eigenvalue weighted by Gasteiger charge is 2.51. The van der Waals surface area contributed by atoms with E-state index in [0.29, 0.717) is 23.9 Å². The fraction of sp³-hybridized carbons (Fsp3) is 0.273. The molecular weight excluding hydrogens is 210 g/mol. The lowest BCUT2D eigenvalue weighted by atomic mass is 9.96. The molecule has 2 N–H and O–H groups in total. The molecule has 16 heavy (non-hydrogen) atoms. The van der Waals surface area contributed by atoms with Crippen LogP contribution in [0.3, 0.4) is 0 Å². The zero-order valence-corrected chi connectivity index (χ0v) is 8.32. The van der Waals surface area contributed by atoms with E-state index in [-0.39, 0.29) is 0 Å². The molecule has 0 amide bonds. The van der Waals surface area contributed by atoms with Gasteiger partial charge in [-0.3, -0.25) is 9.78 Å². The van der Waals surface area contributed by atoms with E-state index in [2.05, 4.69) is 4.98 Å². The summed E-state index contributed by atoms with van der Waals surface area (Å²) in [6, 6.07) is 5.02. The average molecular weight is 219 g/mol. The summed E-state index contributed by atoms with van der Waals surface area (Å²) in [5.41, 5.74) is 0.983. The normalized spacial score (nSPS) is 17.5. The number of aromatic amines is 1. The van der Waals surface area contributed by atoms with Gasteiger partial charge in [0.15, 0.2) is 5.58 Å². The van der Waals surface area contributed by atoms with Crippen LogP contribution in [0.5, 0.6) is 0 Å². The first kappa shape index (κ1) is 9.21. The van der Waals surface area contributed by atoms with Crippen LogP contribution in [0.25, 0.3) is 11.1 Å². The minimum Gasteiger partial charge on any atom is -0.481 e. The van der Waals surface area contributed by atoms with E-state index in [9.17, 15) is 9.59 Å². The van der Waals surface area contributed by atoms with E-state index < -0.39 is 17.1 Å². The summed E-state index contributed by atoms with van der Waals surface area (Å²) in [6.45, 7) is 0. The number of nitrogens with one attached hydrogen (secondary N) is 1. The van der Waals surface area contributed by atoms with E-state index in [4.69, 9.17) is 9.52 Å². The molecular formula is C11H9NO4. The van der Waals surface area contributed by atoms with Gasteiger partial charge in [0.2, 0.25) is 0 Å². The molecule has 5 nitrogen and oxygen atoms in total. The van der Waals surface area contributed by atoms with E-state index in [1.165, 1.54) is 0 Å². The highest BCUT2D eigenvalue weighted by atomic mass is 16.4. The Bertz CT molecular complexity index is 633. The fourth-order valence-electron chi connectivity index (χ4n) is 2.00. The van der Waals surface area contributed by atoms with Gasteiger partial charge < -0.3 is 9.52 Å². The van der Waals surface area contributed by atoms with Crippen LogP contribution >= 0.6 is 0 Å². The third-order valence-electron chi connectivity index (χ3n) is 3.13. The van der Waals surface area contributed by atoms with Crippen molar-refractivity contribution in [1.82, 2.24) is 4.98 Å². The third kappa shape index (κ3) is 1.11. The van der Waals surface area contributed by atoms with Gasteiger partial charge in [-0.25, -0.2) is 4.79 Å². The predicted octanol–water partition coefficient (Wildman–Crippen LogP) is 1.24. The van der Waals surface area contributed by atoms with Crippen molar-refractivity contribution < 1.29 is 14.3 Å². The summed E-state index contributed by atoms with van der Waals surface area (Å²) in [6.07, 6.45) is 1.30. The van der Waals surface area contributed by atoms with Crippen molar-refractivity contribution in [2.45, 2.75) is 18.3 Å². The lowest BCUT2D eigenvalue weighted by Crippen LogP contribution is -2.19. The van der Waals surface area contributed by atoms with Gasteiger partial charge in [-0.05, 0) is 30.5 Å². The molecule has 0 unspecified atom stereocenters. The van der Waals surface area contributed by atoms with Crippen molar-refractivity contribution in [3.63, 3.8) is 0 Å². The lowest BCUT2D eigenvalue weighted by molar-refractivity contribution is -0.140. The Kier molecular flexibility index (Phi) is 1.58. The van der Waals surface area contributed by atoms with Crippen LogP contribution in [0.2, 0.25) is 0 Å². The maximum Gasteiger partial charge on any atom is 0.417 e. The van der Waals surface area contributed by atoms with Crippen LogP contribution in [0.1, 0.15) is 18.4 Å². The number of H-pyrrole nitrogens is 1. The summed E-state index contributed by atoms with van der Waals surface area (Å²) >= 11 is 0. The number of oxazole rings is 1. The van der Waals surface area contributed by atoms with Crippen molar-refractivity contribution in [3.8, 4) is 0 Å². The maximum atomic E-state index is 11.1. The molecule has 1 heterocycles. The summed E-state index contributed by atoms with van der Waals surface area (Å²) in [5, 5.41) is 9.14. The molecule has 1 saturated carbocycles. The maximum absolute atomic E-state index is 11.1. The van der Waals surface area contributed by atoms with Crippen LogP contribution in [-0.2, 0) is 10.2 Å². The van der Waals surface area contributed by atoms with Gasteiger partial charge in [-0.15, -0.1) is 0 Å². The van der Waals surface area contributed by atoms with Gasteiger partial charge in [0.25, 0.3) is 0 Å². The summed E-state index contributed by atoms with van der Waals surface area (Å²) < 4.78 is 4.86. The second-order valence-corrected chi connectivity index (χ2v) is 4.11. The highest BCUT2D eigenvalue weighted by molar-refractivity contribution is 5.86. The van der Waals surface area contributed by atoms with Gasteiger partial charge in [-0.1, -0.05) is 6.07 Å². The minimum atomic E-state index is -0.808. The molecule has 1 aromatic heterocycles. The quantitative estimate of drug-likeness (QED) is 0.795. The van der Waals surface area contributed by atoms with Crippen molar-refractivity contribution in [3.05, 3.63) is 34.3 Å². The van der Waals surface area contributed by atoms with Crippen molar-refractivity contribution >= 4 is 17.1 Å². The first-order valence-corrected chi connectivity index (χ1v) is 4.99. The SMILES string of the molecule is O=C(O)C1(c2ccc3oc(=O)[nH]c3c2)CC1. The fourth-order valence-corrected chi connectivity index (χ4v) is 2.00. The zero-order valence-electron chi connectivity index (χ0n) is 8.32. The Morgan fingerprint density at radius 1 is 1.44 bits per heavy atom. The second-order valence-electron chi connectivity index (χ2n) is 4.11. The molecule has 0 aliphatic heterocycles. The minimum absolute atomic E-state index is 0.454. The largest absolute Gasteiger partial charge is 0.481 e. The molecule has 1 fully saturated rings. The first-order valence-electron chi connectivity index (χ1n) is 4.99. The molecule has 0 radical (unpaired) electrons. The van der Waals surface area contributed by atoms with Crippen molar-refractivity contribution in [1.29, 1.82) is 0 Å². The Balaban J connectivity index is 2.19. The first-order chi connectivity index (χ1) is 7.62. The molecule has 1 aliphatic carbocycles. The van der Waals surface area contributed by atoms with Crippen LogP contribution in [0.4, 0.5) is 0 Å². The van der Waals surface area contributed by atoms with E-state index in [1.807, 2.05) is 0 Å². The average Bonchev–Trinajstić information content (AvgIpc) is 2.95. The molecule has 2 aromatic rings. The Hall–Kier alpha value is -2.04. The monoisotopic (exact) mass is 219 g/mol. The Morgan fingerprint density at radius 3 is 2.81 bits per heavy atom. The number of aliphatic carboxylic acids is 1. The molecule has 0 bridgehead atoms. The van der Waals surface area contributed by atoms with Gasteiger partial charge in [0, 0.05) is 0 Å². The molecule has 82 valence electrons. The number of hydrogen-bond acceptors (Lipinski definition) is 3. The third-order valence-corrected chi connectivity index (χ3v) is 3.13. The summed E-state index contributed by atoms with van der Waals surface area (Å²) in [5.74, 6) is -1.33. The molecule has 0 atom stereocenters.